The monoisotopic (exact) mass is 337 g/mol. The Morgan fingerprint density at radius 2 is 1.90 bits per heavy atom. The highest BCUT2D eigenvalue weighted by molar-refractivity contribution is 9.10. The van der Waals surface area contributed by atoms with Gasteiger partial charge in [0.1, 0.15) is 0 Å². The highest BCUT2D eigenvalue weighted by atomic mass is 79.9. The van der Waals surface area contributed by atoms with Gasteiger partial charge in [-0.05, 0) is 41.8 Å². The van der Waals surface area contributed by atoms with E-state index in [-0.39, 0.29) is 11.8 Å². The number of aromatic hydroxyl groups is 1. The first-order valence-electron chi connectivity index (χ1n) is 6.56. The molecule has 0 spiro atoms. The Kier molecular flexibility index (Phi) is 5.15. The van der Waals surface area contributed by atoms with Gasteiger partial charge in [-0.15, -0.1) is 0 Å². The van der Waals surface area contributed by atoms with Crippen LogP contribution in [0.2, 0.25) is 0 Å². The van der Waals surface area contributed by atoms with E-state index < -0.39 is 5.82 Å². The Bertz CT molecular complexity index is 571. The lowest BCUT2D eigenvalue weighted by molar-refractivity contribution is 0.431. The maximum atomic E-state index is 13.3. The number of nitrogens with one attached hydrogen (secondary N) is 1. The van der Waals surface area contributed by atoms with Crippen LogP contribution in [-0.4, -0.2) is 5.11 Å². The lowest BCUT2D eigenvalue weighted by Gasteiger charge is -2.17. The Morgan fingerprint density at radius 3 is 2.50 bits per heavy atom. The minimum Gasteiger partial charge on any atom is -0.505 e. The molecule has 20 heavy (non-hydrogen) atoms. The van der Waals surface area contributed by atoms with Crippen LogP contribution in [0.25, 0.3) is 0 Å². The van der Waals surface area contributed by atoms with E-state index in [1.807, 2.05) is 12.1 Å². The summed E-state index contributed by atoms with van der Waals surface area (Å²) in [4.78, 5) is 0. The van der Waals surface area contributed by atoms with E-state index >= 15 is 0 Å². The Hall–Kier alpha value is -1.39. The SMILES string of the molecule is CCC(NCc1ccc(O)c(F)c1)c1ccc(Br)cc1. The Labute approximate surface area is 126 Å². The molecule has 1 unspecified atom stereocenters. The molecular formula is C16H17BrFNO. The van der Waals surface area contributed by atoms with Crippen LogP contribution in [0.4, 0.5) is 4.39 Å². The molecule has 2 rings (SSSR count). The zero-order chi connectivity index (χ0) is 14.5. The van der Waals surface area contributed by atoms with Crippen LogP contribution < -0.4 is 5.32 Å². The van der Waals surface area contributed by atoms with Gasteiger partial charge in [0, 0.05) is 17.1 Å². The second-order valence-corrected chi connectivity index (χ2v) is 5.59. The van der Waals surface area contributed by atoms with E-state index in [9.17, 15) is 9.50 Å². The zero-order valence-corrected chi connectivity index (χ0v) is 12.8. The maximum Gasteiger partial charge on any atom is 0.165 e. The highest BCUT2D eigenvalue weighted by Gasteiger charge is 2.09. The number of rotatable bonds is 5. The van der Waals surface area contributed by atoms with Crippen molar-refractivity contribution in [2.75, 3.05) is 0 Å². The number of halogens is 2. The highest BCUT2D eigenvalue weighted by Crippen LogP contribution is 2.21. The molecule has 0 aliphatic carbocycles. The molecule has 1 atom stereocenters. The summed E-state index contributed by atoms with van der Waals surface area (Å²) in [6.07, 6.45) is 0.947. The molecule has 0 saturated heterocycles. The van der Waals surface area contributed by atoms with Gasteiger partial charge in [0.25, 0.3) is 0 Å². The summed E-state index contributed by atoms with van der Waals surface area (Å²) in [5.74, 6) is -0.894. The van der Waals surface area contributed by atoms with Gasteiger partial charge in [0.2, 0.25) is 0 Å². The molecular weight excluding hydrogens is 321 g/mol. The molecule has 0 radical (unpaired) electrons. The molecule has 4 heteroatoms. The summed E-state index contributed by atoms with van der Waals surface area (Å²) < 4.78 is 14.3. The third-order valence-corrected chi connectivity index (χ3v) is 3.77. The summed E-state index contributed by atoms with van der Waals surface area (Å²) in [7, 11) is 0. The molecule has 0 heterocycles. The van der Waals surface area contributed by atoms with E-state index in [1.54, 1.807) is 6.07 Å². The number of benzene rings is 2. The van der Waals surface area contributed by atoms with Gasteiger partial charge < -0.3 is 10.4 Å². The van der Waals surface area contributed by atoms with Gasteiger partial charge in [-0.1, -0.05) is 41.1 Å². The van der Waals surface area contributed by atoms with Crippen LogP contribution in [0.3, 0.4) is 0 Å². The van der Waals surface area contributed by atoms with Gasteiger partial charge >= 0.3 is 0 Å². The molecule has 2 aromatic carbocycles. The van der Waals surface area contributed by atoms with Crippen LogP contribution in [0, 0.1) is 5.82 Å². The van der Waals surface area contributed by atoms with Crippen molar-refractivity contribution in [1.82, 2.24) is 5.32 Å². The summed E-state index contributed by atoms with van der Waals surface area (Å²) in [6, 6.07) is 12.9. The van der Waals surface area contributed by atoms with Gasteiger partial charge in [0.15, 0.2) is 11.6 Å². The Morgan fingerprint density at radius 1 is 1.20 bits per heavy atom. The van der Waals surface area contributed by atoms with Gasteiger partial charge in [-0.25, -0.2) is 4.39 Å². The minimum absolute atomic E-state index is 0.222. The quantitative estimate of drug-likeness (QED) is 0.839. The lowest BCUT2D eigenvalue weighted by atomic mass is 10.0. The summed E-state index contributed by atoms with van der Waals surface area (Å²) in [5, 5.41) is 12.6. The van der Waals surface area contributed by atoms with Crippen molar-refractivity contribution < 1.29 is 9.50 Å². The predicted molar refractivity (Wildman–Crippen MR) is 82.1 cm³/mol. The molecule has 106 valence electrons. The number of hydrogen-bond donors (Lipinski definition) is 2. The number of hydrogen-bond acceptors (Lipinski definition) is 2. The van der Waals surface area contributed by atoms with E-state index in [0.29, 0.717) is 6.54 Å². The fourth-order valence-corrected chi connectivity index (χ4v) is 2.36. The van der Waals surface area contributed by atoms with E-state index in [4.69, 9.17) is 0 Å². The van der Waals surface area contributed by atoms with Crippen molar-refractivity contribution in [3.05, 3.63) is 63.9 Å². The van der Waals surface area contributed by atoms with Crippen LogP contribution >= 0.6 is 15.9 Å². The largest absolute Gasteiger partial charge is 0.505 e. The fraction of sp³-hybridized carbons (Fsp3) is 0.250. The minimum atomic E-state index is -0.582. The average Bonchev–Trinajstić information content (AvgIpc) is 2.45. The van der Waals surface area contributed by atoms with Crippen molar-refractivity contribution in [3.8, 4) is 5.75 Å². The summed E-state index contributed by atoms with van der Waals surface area (Å²) in [6.45, 7) is 2.67. The van der Waals surface area contributed by atoms with Gasteiger partial charge in [-0.3, -0.25) is 0 Å². The van der Waals surface area contributed by atoms with Crippen LogP contribution in [-0.2, 0) is 6.54 Å². The third kappa shape index (κ3) is 3.81. The first-order valence-corrected chi connectivity index (χ1v) is 7.35. The van der Waals surface area contributed by atoms with E-state index in [0.717, 1.165) is 16.5 Å². The maximum absolute atomic E-state index is 13.3. The van der Waals surface area contributed by atoms with Crippen LogP contribution in [0.5, 0.6) is 5.75 Å². The zero-order valence-electron chi connectivity index (χ0n) is 11.2. The van der Waals surface area contributed by atoms with Crippen molar-refractivity contribution in [1.29, 1.82) is 0 Å². The van der Waals surface area contributed by atoms with E-state index in [2.05, 4.69) is 40.3 Å². The smallest absolute Gasteiger partial charge is 0.165 e. The predicted octanol–water partition coefficient (Wildman–Crippen LogP) is 4.53. The van der Waals surface area contributed by atoms with Crippen molar-refractivity contribution in [2.24, 2.45) is 0 Å². The Balaban J connectivity index is 2.03. The lowest BCUT2D eigenvalue weighted by Crippen LogP contribution is -2.20. The standard InChI is InChI=1S/C16H17BrFNO/c1-2-15(12-4-6-13(17)7-5-12)19-10-11-3-8-16(20)14(18)9-11/h3-9,15,19-20H,2,10H2,1H3. The fourth-order valence-electron chi connectivity index (χ4n) is 2.09. The first kappa shape index (κ1) is 15.0. The van der Waals surface area contributed by atoms with E-state index in [1.165, 1.54) is 17.7 Å². The molecule has 0 bridgehead atoms. The van der Waals surface area contributed by atoms with Gasteiger partial charge in [-0.2, -0.15) is 0 Å². The normalized spacial score (nSPS) is 12.3. The second-order valence-electron chi connectivity index (χ2n) is 4.68. The van der Waals surface area contributed by atoms with Crippen molar-refractivity contribution in [2.45, 2.75) is 25.9 Å². The number of phenolic OH excluding ortho intramolecular Hbond substituents is 1. The average molecular weight is 338 g/mol. The third-order valence-electron chi connectivity index (χ3n) is 3.25. The number of phenols is 1. The van der Waals surface area contributed by atoms with Crippen molar-refractivity contribution in [3.63, 3.8) is 0 Å². The summed E-state index contributed by atoms with van der Waals surface area (Å²) in [5.41, 5.74) is 2.02. The first-order chi connectivity index (χ1) is 9.60. The molecule has 0 aliphatic rings. The molecule has 0 aromatic heterocycles. The molecule has 2 nitrogen and oxygen atoms in total. The molecule has 0 amide bonds. The van der Waals surface area contributed by atoms with Crippen LogP contribution in [0.15, 0.2) is 46.9 Å². The molecule has 0 aliphatic heterocycles. The second kappa shape index (κ2) is 6.86. The molecule has 2 N–H and O–H groups in total. The molecule has 0 saturated carbocycles. The topological polar surface area (TPSA) is 32.3 Å². The molecule has 2 aromatic rings. The van der Waals surface area contributed by atoms with Crippen LogP contribution in [0.1, 0.15) is 30.5 Å². The van der Waals surface area contributed by atoms with Crippen molar-refractivity contribution >= 4 is 15.9 Å². The van der Waals surface area contributed by atoms with Gasteiger partial charge in [0.05, 0.1) is 0 Å². The summed E-state index contributed by atoms with van der Waals surface area (Å²) >= 11 is 3.42. The molecule has 0 fully saturated rings.